The molecule has 0 bridgehead atoms. The van der Waals surface area contributed by atoms with E-state index >= 15 is 0 Å². The Labute approximate surface area is 118 Å². The Morgan fingerprint density at radius 2 is 1.84 bits per heavy atom. The molecule has 1 saturated carbocycles. The first-order chi connectivity index (χ1) is 9.22. The number of likely N-dealkylation sites (N-methyl/N-ethyl adjacent to an activating group) is 1. The second kappa shape index (κ2) is 7.05. The predicted octanol–water partition coefficient (Wildman–Crippen LogP) is 2.99. The van der Waals surface area contributed by atoms with E-state index in [2.05, 4.69) is 26.2 Å². The summed E-state index contributed by atoms with van der Waals surface area (Å²) in [5, 5.41) is 3.60. The lowest BCUT2D eigenvalue weighted by molar-refractivity contribution is -0.115. The average Bonchev–Trinajstić information content (AvgIpc) is 2.44. The van der Waals surface area contributed by atoms with Crippen LogP contribution in [0.1, 0.15) is 52.4 Å². The quantitative estimate of drug-likeness (QED) is 0.832. The molecule has 1 saturated heterocycles. The highest BCUT2D eigenvalue weighted by Gasteiger charge is 2.44. The molecule has 1 atom stereocenters. The van der Waals surface area contributed by atoms with E-state index in [1.165, 1.54) is 38.5 Å². The molecule has 0 spiro atoms. The molecule has 0 aromatic rings. The molecule has 19 heavy (non-hydrogen) atoms. The van der Waals surface area contributed by atoms with Crippen LogP contribution in [0.2, 0.25) is 0 Å². The van der Waals surface area contributed by atoms with E-state index in [-0.39, 0.29) is 5.60 Å². The topological polar surface area (TPSA) is 30.5 Å². The van der Waals surface area contributed by atoms with Crippen molar-refractivity contribution in [3.8, 4) is 0 Å². The molecule has 1 unspecified atom stereocenters. The molecule has 0 aromatic heterocycles. The third-order valence-corrected chi connectivity index (χ3v) is 5.17. The monoisotopic (exact) mass is 269 g/mol. The number of hydrogen-bond acceptors (Lipinski definition) is 3. The van der Waals surface area contributed by atoms with Crippen LogP contribution in [0, 0.1) is 11.8 Å². The Kier molecular flexibility index (Phi) is 5.67. The Morgan fingerprint density at radius 3 is 2.37 bits per heavy atom. The molecule has 1 aliphatic carbocycles. The molecule has 1 N–H and O–H groups in total. The second-order valence-electron chi connectivity index (χ2n) is 6.40. The van der Waals surface area contributed by atoms with Crippen LogP contribution in [0.4, 0.5) is 0 Å². The first-order valence-corrected chi connectivity index (χ1v) is 8.11. The number of rotatable bonds is 5. The summed E-state index contributed by atoms with van der Waals surface area (Å²) in [5.41, 5.74) is 0.0675. The summed E-state index contributed by atoms with van der Waals surface area (Å²) in [4.78, 5) is 0. The second-order valence-corrected chi connectivity index (χ2v) is 6.40. The highest BCUT2D eigenvalue weighted by molar-refractivity contribution is 4.99. The highest BCUT2D eigenvalue weighted by atomic mass is 16.5. The molecule has 3 heteroatoms. The minimum absolute atomic E-state index is 0.0675. The van der Waals surface area contributed by atoms with E-state index in [1.54, 1.807) is 0 Å². The minimum Gasteiger partial charge on any atom is -0.381 e. The standard InChI is InChI=1S/C16H31NO2/c1-4-19-16(9-5-13(2)6-10-16)15(17-3)14-7-11-18-12-8-14/h13-15,17H,4-12H2,1-3H3. The fourth-order valence-electron chi connectivity index (χ4n) is 4.06. The third kappa shape index (κ3) is 3.50. The predicted molar refractivity (Wildman–Crippen MR) is 78.4 cm³/mol. The molecule has 2 fully saturated rings. The van der Waals surface area contributed by atoms with Gasteiger partial charge in [0.25, 0.3) is 0 Å². The van der Waals surface area contributed by atoms with Crippen molar-refractivity contribution in [2.75, 3.05) is 26.9 Å². The third-order valence-electron chi connectivity index (χ3n) is 5.17. The molecule has 1 aliphatic heterocycles. The Morgan fingerprint density at radius 1 is 1.21 bits per heavy atom. The van der Waals surface area contributed by atoms with Crippen molar-refractivity contribution in [3.05, 3.63) is 0 Å². The fourth-order valence-corrected chi connectivity index (χ4v) is 4.06. The molecule has 112 valence electrons. The molecule has 2 aliphatic rings. The van der Waals surface area contributed by atoms with E-state index < -0.39 is 0 Å². The molecule has 2 rings (SSSR count). The van der Waals surface area contributed by atoms with Crippen molar-refractivity contribution in [2.45, 2.75) is 64.0 Å². The normalized spacial score (nSPS) is 35.2. The van der Waals surface area contributed by atoms with Gasteiger partial charge < -0.3 is 14.8 Å². The van der Waals surface area contributed by atoms with Crippen molar-refractivity contribution in [1.29, 1.82) is 0 Å². The van der Waals surface area contributed by atoms with E-state index in [4.69, 9.17) is 9.47 Å². The summed E-state index contributed by atoms with van der Waals surface area (Å²) in [6.45, 7) is 7.17. The van der Waals surface area contributed by atoms with Gasteiger partial charge in [-0.25, -0.2) is 0 Å². The van der Waals surface area contributed by atoms with Crippen LogP contribution in [0.15, 0.2) is 0 Å². The zero-order valence-electron chi connectivity index (χ0n) is 12.9. The van der Waals surface area contributed by atoms with Crippen LogP contribution in [-0.4, -0.2) is 38.5 Å². The highest BCUT2D eigenvalue weighted by Crippen LogP contribution is 2.41. The van der Waals surface area contributed by atoms with Gasteiger partial charge >= 0.3 is 0 Å². The first kappa shape index (κ1) is 15.3. The lowest BCUT2D eigenvalue weighted by Gasteiger charge is -2.48. The molecule has 0 aromatic carbocycles. The van der Waals surface area contributed by atoms with Gasteiger partial charge in [0.15, 0.2) is 0 Å². The number of nitrogens with one attached hydrogen (secondary N) is 1. The van der Waals surface area contributed by atoms with Crippen LogP contribution in [0.25, 0.3) is 0 Å². The summed E-state index contributed by atoms with van der Waals surface area (Å²) in [5.74, 6) is 1.57. The van der Waals surface area contributed by atoms with E-state index in [9.17, 15) is 0 Å². The van der Waals surface area contributed by atoms with Crippen LogP contribution >= 0.6 is 0 Å². The van der Waals surface area contributed by atoms with Crippen molar-refractivity contribution < 1.29 is 9.47 Å². The van der Waals surface area contributed by atoms with Crippen LogP contribution in [0.3, 0.4) is 0 Å². The van der Waals surface area contributed by atoms with E-state index in [1.807, 2.05) is 0 Å². The molecule has 0 amide bonds. The van der Waals surface area contributed by atoms with Crippen molar-refractivity contribution >= 4 is 0 Å². The fraction of sp³-hybridized carbons (Fsp3) is 1.00. The maximum absolute atomic E-state index is 6.32. The maximum atomic E-state index is 6.32. The molecular weight excluding hydrogens is 238 g/mol. The minimum atomic E-state index is 0.0675. The van der Waals surface area contributed by atoms with E-state index in [0.29, 0.717) is 12.0 Å². The van der Waals surface area contributed by atoms with Gasteiger partial charge in [-0.1, -0.05) is 6.92 Å². The van der Waals surface area contributed by atoms with E-state index in [0.717, 1.165) is 25.7 Å². The Bertz CT molecular complexity index is 255. The molecule has 0 radical (unpaired) electrons. The number of hydrogen-bond donors (Lipinski definition) is 1. The smallest absolute Gasteiger partial charge is 0.0837 e. The summed E-state index contributed by atoms with van der Waals surface area (Å²) >= 11 is 0. The van der Waals surface area contributed by atoms with Crippen molar-refractivity contribution in [3.63, 3.8) is 0 Å². The molecule has 3 nitrogen and oxygen atoms in total. The van der Waals surface area contributed by atoms with Gasteiger partial charge in [-0.05, 0) is 64.3 Å². The molecule has 1 heterocycles. The molecular formula is C16H31NO2. The van der Waals surface area contributed by atoms with Gasteiger partial charge in [-0.2, -0.15) is 0 Å². The van der Waals surface area contributed by atoms with Gasteiger partial charge in [0.2, 0.25) is 0 Å². The lowest BCUT2D eigenvalue weighted by Crippen LogP contribution is -2.57. The van der Waals surface area contributed by atoms with Gasteiger partial charge in [0.1, 0.15) is 0 Å². The van der Waals surface area contributed by atoms with Gasteiger partial charge in [-0.3, -0.25) is 0 Å². The van der Waals surface area contributed by atoms with Crippen LogP contribution in [-0.2, 0) is 9.47 Å². The zero-order valence-corrected chi connectivity index (χ0v) is 12.9. The Balaban J connectivity index is 2.10. The summed E-state index contributed by atoms with van der Waals surface area (Å²) in [7, 11) is 2.11. The SMILES string of the molecule is CCOC1(C(NC)C2CCOCC2)CCC(C)CC1. The summed E-state index contributed by atoms with van der Waals surface area (Å²) in [6, 6.07) is 0.490. The van der Waals surface area contributed by atoms with Gasteiger partial charge in [0, 0.05) is 25.9 Å². The maximum Gasteiger partial charge on any atom is 0.0837 e. The summed E-state index contributed by atoms with van der Waals surface area (Å²) in [6.07, 6.45) is 7.39. The Hall–Kier alpha value is -0.120. The number of ether oxygens (including phenoxy) is 2. The average molecular weight is 269 g/mol. The largest absolute Gasteiger partial charge is 0.381 e. The zero-order chi connectivity index (χ0) is 13.7. The van der Waals surface area contributed by atoms with Crippen molar-refractivity contribution in [2.24, 2.45) is 11.8 Å². The van der Waals surface area contributed by atoms with Gasteiger partial charge in [-0.15, -0.1) is 0 Å². The van der Waals surface area contributed by atoms with Crippen molar-refractivity contribution in [1.82, 2.24) is 5.32 Å². The van der Waals surface area contributed by atoms with Crippen LogP contribution < -0.4 is 5.32 Å². The van der Waals surface area contributed by atoms with Gasteiger partial charge in [0.05, 0.1) is 5.60 Å². The first-order valence-electron chi connectivity index (χ1n) is 8.11. The lowest BCUT2D eigenvalue weighted by atomic mass is 9.70. The summed E-state index contributed by atoms with van der Waals surface area (Å²) < 4.78 is 11.8. The van der Waals surface area contributed by atoms with Crippen LogP contribution in [0.5, 0.6) is 0 Å².